The lowest BCUT2D eigenvalue weighted by Gasteiger charge is -2.24. The number of hydrogen-bond donors (Lipinski definition) is 2. The van der Waals surface area contributed by atoms with Gasteiger partial charge in [0.1, 0.15) is 5.75 Å². The van der Waals surface area contributed by atoms with Crippen molar-refractivity contribution in [1.29, 1.82) is 0 Å². The summed E-state index contributed by atoms with van der Waals surface area (Å²) >= 11 is 1.30. The van der Waals surface area contributed by atoms with Crippen LogP contribution in [0, 0.1) is 11.8 Å². The maximum Gasteiger partial charge on any atom is 0.307 e. The standard InChI is InChI=1S/C26H26N2O6S/c1-2-34-18-11-9-17(10-12-18)28-23(29)15-22(25(28)31)35-19-13-7-16(8-14-19)27-24(30)20-5-3-4-6-21(20)26(32)33/h3-4,7-14,20-22H,2,5-6,15H2,1H3,(H,27,30)(H,32,33)/t20-,21+,22-/m0/s1. The van der Waals surface area contributed by atoms with Gasteiger partial charge < -0.3 is 15.2 Å². The quantitative estimate of drug-likeness (QED) is 0.419. The largest absolute Gasteiger partial charge is 0.494 e. The van der Waals surface area contributed by atoms with Crippen molar-refractivity contribution in [1.82, 2.24) is 0 Å². The molecule has 3 atom stereocenters. The summed E-state index contributed by atoms with van der Waals surface area (Å²) in [6.45, 7) is 2.41. The van der Waals surface area contributed by atoms with Crippen LogP contribution in [0.15, 0.2) is 65.6 Å². The Bertz CT molecular complexity index is 1150. The molecule has 182 valence electrons. The fraction of sp³-hybridized carbons (Fsp3) is 0.308. The van der Waals surface area contributed by atoms with E-state index in [1.807, 2.05) is 13.0 Å². The zero-order valence-electron chi connectivity index (χ0n) is 19.2. The molecule has 0 spiro atoms. The first-order valence-electron chi connectivity index (χ1n) is 11.4. The van der Waals surface area contributed by atoms with Crippen LogP contribution in [-0.4, -0.2) is 40.7 Å². The minimum Gasteiger partial charge on any atom is -0.494 e. The lowest BCUT2D eigenvalue weighted by atomic mass is 9.82. The van der Waals surface area contributed by atoms with E-state index in [1.165, 1.54) is 16.7 Å². The van der Waals surface area contributed by atoms with E-state index >= 15 is 0 Å². The minimum absolute atomic E-state index is 0.0982. The summed E-state index contributed by atoms with van der Waals surface area (Å²) < 4.78 is 5.41. The molecule has 4 rings (SSSR count). The molecule has 0 aromatic heterocycles. The highest BCUT2D eigenvalue weighted by Crippen LogP contribution is 2.35. The Morgan fingerprint density at radius 2 is 1.69 bits per heavy atom. The van der Waals surface area contributed by atoms with E-state index in [4.69, 9.17) is 4.74 Å². The van der Waals surface area contributed by atoms with E-state index in [9.17, 15) is 24.3 Å². The molecule has 1 aliphatic carbocycles. The van der Waals surface area contributed by atoms with Crippen LogP contribution in [0.4, 0.5) is 11.4 Å². The minimum atomic E-state index is -0.976. The monoisotopic (exact) mass is 494 g/mol. The summed E-state index contributed by atoms with van der Waals surface area (Å²) in [6, 6.07) is 13.8. The van der Waals surface area contributed by atoms with Gasteiger partial charge in [-0.2, -0.15) is 0 Å². The number of carbonyl (C=O) groups excluding carboxylic acids is 3. The van der Waals surface area contributed by atoms with E-state index in [2.05, 4.69) is 5.32 Å². The lowest BCUT2D eigenvalue weighted by Crippen LogP contribution is -2.34. The number of benzene rings is 2. The maximum absolute atomic E-state index is 12.9. The summed E-state index contributed by atoms with van der Waals surface area (Å²) in [5.74, 6) is -2.52. The molecule has 1 fully saturated rings. The van der Waals surface area contributed by atoms with Crippen molar-refractivity contribution in [3.63, 3.8) is 0 Å². The number of imide groups is 1. The Kier molecular flexibility index (Phi) is 7.55. The number of hydrogen-bond acceptors (Lipinski definition) is 6. The first-order valence-corrected chi connectivity index (χ1v) is 12.3. The third-order valence-electron chi connectivity index (χ3n) is 6.00. The van der Waals surface area contributed by atoms with Crippen molar-refractivity contribution < 1.29 is 29.0 Å². The van der Waals surface area contributed by atoms with Gasteiger partial charge in [0.05, 0.1) is 29.4 Å². The van der Waals surface area contributed by atoms with E-state index < -0.39 is 23.1 Å². The van der Waals surface area contributed by atoms with Gasteiger partial charge in [0.15, 0.2) is 0 Å². The second-order valence-electron chi connectivity index (χ2n) is 8.31. The number of aliphatic carboxylic acids is 1. The highest BCUT2D eigenvalue weighted by molar-refractivity contribution is 8.00. The number of carbonyl (C=O) groups is 4. The number of anilines is 2. The van der Waals surface area contributed by atoms with Crippen LogP contribution in [0.1, 0.15) is 26.2 Å². The number of ether oxygens (including phenoxy) is 1. The zero-order chi connectivity index (χ0) is 24.9. The molecule has 0 radical (unpaired) electrons. The van der Waals surface area contributed by atoms with Gasteiger partial charge in [0.25, 0.3) is 0 Å². The van der Waals surface area contributed by atoms with Gasteiger partial charge in [-0.05, 0) is 68.3 Å². The molecular weight excluding hydrogens is 468 g/mol. The number of carboxylic acids is 1. The number of rotatable bonds is 8. The molecule has 2 N–H and O–H groups in total. The van der Waals surface area contributed by atoms with E-state index in [0.717, 1.165) is 4.90 Å². The molecule has 9 heteroatoms. The highest BCUT2D eigenvalue weighted by Gasteiger charge is 2.40. The Hall–Kier alpha value is -3.59. The van der Waals surface area contributed by atoms with Crippen LogP contribution in [0.2, 0.25) is 0 Å². The summed E-state index contributed by atoms with van der Waals surface area (Å²) in [5, 5.41) is 11.6. The smallest absolute Gasteiger partial charge is 0.307 e. The number of carboxylic acid groups (broad SMARTS) is 1. The average molecular weight is 495 g/mol. The third kappa shape index (κ3) is 5.57. The van der Waals surface area contributed by atoms with Crippen LogP contribution in [0.5, 0.6) is 5.75 Å². The van der Waals surface area contributed by atoms with Gasteiger partial charge in [-0.3, -0.25) is 19.2 Å². The normalized spacial score (nSPS) is 21.7. The number of allylic oxidation sites excluding steroid dienone is 2. The molecule has 1 aliphatic heterocycles. The molecule has 3 amide bonds. The first-order chi connectivity index (χ1) is 16.9. The molecule has 1 heterocycles. The van der Waals surface area contributed by atoms with Crippen molar-refractivity contribution in [2.24, 2.45) is 11.8 Å². The number of nitrogens with one attached hydrogen (secondary N) is 1. The predicted molar refractivity (Wildman–Crippen MR) is 132 cm³/mol. The van der Waals surface area contributed by atoms with Crippen molar-refractivity contribution in [2.45, 2.75) is 36.3 Å². The molecular formula is C26H26N2O6S. The highest BCUT2D eigenvalue weighted by atomic mass is 32.2. The molecule has 0 saturated carbocycles. The summed E-state index contributed by atoms with van der Waals surface area (Å²) in [5.41, 5.74) is 1.06. The number of amides is 3. The van der Waals surface area contributed by atoms with Crippen molar-refractivity contribution in [2.75, 3.05) is 16.8 Å². The average Bonchev–Trinajstić information content (AvgIpc) is 3.13. The van der Waals surface area contributed by atoms with Crippen molar-refractivity contribution >= 4 is 46.8 Å². The second-order valence-corrected chi connectivity index (χ2v) is 9.59. The van der Waals surface area contributed by atoms with Gasteiger partial charge in [0, 0.05) is 17.0 Å². The SMILES string of the molecule is CCOc1ccc(N2C(=O)C[C@H](Sc3ccc(NC(=O)[C@H]4CC=CC[C@H]4C(=O)O)cc3)C2=O)cc1. The van der Waals surface area contributed by atoms with Gasteiger partial charge in [-0.1, -0.05) is 12.2 Å². The van der Waals surface area contributed by atoms with Crippen molar-refractivity contribution in [3.05, 3.63) is 60.7 Å². The van der Waals surface area contributed by atoms with Crippen LogP contribution in [0.25, 0.3) is 0 Å². The molecule has 2 aromatic rings. The van der Waals surface area contributed by atoms with Gasteiger partial charge in [-0.25, -0.2) is 4.90 Å². The fourth-order valence-electron chi connectivity index (χ4n) is 4.22. The zero-order valence-corrected chi connectivity index (χ0v) is 20.0. The lowest BCUT2D eigenvalue weighted by molar-refractivity contribution is -0.146. The Morgan fingerprint density at radius 1 is 1.03 bits per heavy atom. The second kappa shape index (κ2) is 10.8. The summed E-state index contributed by atoms with van der Waals surface area (Å²) in [6.07, 6.45) is 4.45. The van der Waals surface area contributed by atoms with Gasteiger partial charge in [-0.15, -0.1) is 11.8 Å². The summed E-state index contributed by atoms with van der Waals surface area (Å²) in [4.78, 5) is 51.6. The molecule has 2 aliphatic rings. The fourth-order valence-corrected chi connectivity index (χ4v) is 5.27. The van der Waals surface area contributed by atoms with Crippen LogP contribution < -0.4 is 15.0 Å². The number of nitrogens with zero attached hydrogens (tertiary/aromatic N) is 1. The predicted octanol–water partition coefficient (Wildman–Crippen LogP) is 4.12. The third-order valence-corrected chi connectivity index (χ3v) is 7.19. The Morgan fingerprint density at radius 3 is 2.31 bits per heavy atom. The van der Waals surface area contributed by atoms with Crippen LogP contribution in [-0.2, 0) is 19.2 Å². The Balaban J connectivity index is 1.37. The molecule has 2 aromatic carbocycles. The molecule has 1 saturated heterocycles. The summed E-state index contributed by atoms with van der Waals surface area (Å²) in [7, 11) is 0. The molecule has 0 unspecified atom stereocenters. The number of thioether (sulfide) groups is 1. The molecule has 35 heavy (non-hydrogen) atoms. The van der Waals surface area contributed by atoms with Crippen molar-refractivity contribution in [3.8, 4) is 5.75 Å². The van der Waals surface area contributed by atoms with E-state index in [-0.39, 0.29) is 24.1 Å². The first kappa shape index (κ1) is 24.5. The molecule has 8 nitrogen and oxygen atoms in total. The van der Waals surface area contributed by atoms with E-state index in [0.29, 0.717) is 36.6 Å². The van der Waals surface area contributed by atoms with E-state index in [1.54, 1.807) is 54.6 Å². The van der Waals surface area contributed by atoms with Gasteiger partial charge >= 0.3 is 5.97 Å². The van der Waals surface area contributed by atoms with Gasteiger partial charge in [0.2, 0.25) is 17.7 Å². The Labute approximate surface area is 207 Å². The van der Waals surface area contributed by atoms with Crippen LogP contribution in [0.3, 0.4) is 0 Å². The molecule has 0 bridgehead atoms. The topological polar surface area (TPSA) is 113 Å². The van der Waals surface area contributed by atoms with Crippen LogP contribution >= 0.6 is 11.8 Å². The maximum atomic E-state index is 12.9.